The van der Waals surface area contributed by atoms with Gasteiger partial charge in [-0.15, -0.1) is 0 Å². The van der Waals surface area contributed by atoms with Gasteiger partial charge in [0.1, 0.15) is 5.75 Å². The summed E-state index contributed by atoms with van der Waals surface area (Å²) in [6.07, 6.45) is 1.65. The number of rotatable bonds is 6. The first-order valence-corrected chi connectivity index (χ1v) is 6.71. The topological polar surface area (TPSA) is 29.5 Å². The largest absolute Gasteiger partial charge is 0.493 e. The minimum Gasteiger partial charge on any atom is -0.493 e. The molecule has 1 N–H and O–H groups in total. The SMILES string of the molecule is Cc1ccc(C)c(OCCCC(C)(C)C(C)O)c1. The molecule has 1 rings (SSSR count). The monoisotopic (exact) mass is 250 g/mol. The van der Waals surface area contributed by atoms with Gasteiger partial charge in [-0.2, -0.15) is 0 Å². The molecule has 0 heterocycles. The van der Waals surface area contributed by atoms with Crippen molar-refractivity contribution in [2.75, 3.05) is 6.61 Å². The molecule has 2 nitrogen and oxygen atoms in total. The van der Waals surface area contributed by atoms with E-state index in [1.54, 1.807) is 0 Å². The standard InChI is InChI=1S/C16H26O2/c1-12-7-8-13(2)15(11-12)18-10-6-9-16(4,5)14(3)17/h7-8,11,14,17H,6,9-10H2,1-5H3. The number of aryl methyl sites for hydroxylation is 2. The summed E-state index contributed by atoms with van der Waals surface area (Å²) in [6, 6.07) is 6.26. The van der Waals surface area contributed by atoms with Gasteiger partial charge >= 0.3 is 0 Å². The van der Waals surface area contributed by atoms with Crippen molar-refractivity contribution in [2.45, 2.75) is 53.6 Å². The highest BCUT2D eigenvalue weighted by molar-refractivity contribution is 5.35. The highest BCUT2D eigenvalue weighted by Gasteiger charge is 2.23. The van der Waals surface area contributed by atoms with Crippen LogP contribution in [0.3, 0.4) is 0 Å². The summed E-state index contributed by atoms with van der Waals surface area (Å²) in [5.74, 6) is 0.977. The van der Waals surface area contributed by atoms with Crippen LogP contribution in [-0.4, -0.2) is 17.8 Å². The van der Waals surface area contributed by atoms with Gasteiger partial charge in [-0.05, 0) is 56.2 Å². The summed E-state index contributed by atoms with van der Waals surface area (Å²) < 4.78 is 5.81. The second-order valence-corrected chi connectivity index (χ2v) is 5.89. The Balaban J connectivity index is 2.41. The zero-order valence-corrected chi connectivity index (χ0v) is 12.3. The quantitative estimate of drug-likeness (QED) is 0.777. The Hall–Kier alpha value is -1.02. The number of benzene rings is 1. The van der Waals surface area contributed by atoms with Crippen LogP contribution in [0, 0.1) is 19.3 Å². The van der Waals surface area contributed by atoms with Crippen LogP contribution in [0.5, 0.6) is 5.75 Å². The Kier molecular flexibility index (Phi) is 5.21. The molecule has 18 heavy (non-hydrogen) atoms. The van der Waals surface area contributed by atoms with Crippen molar-refractivity contribution in [3.05, 3.63) is 29.3 Å². The van der Waals surface area contributed by atoms with Crippen LogP contribution in [0.2, 0.25) is 0 Å². The maximum absolute atomic E-state index is 9.64. The summed E-state index contributed by atoms with van der Waals surface area (Å²) in [7, 11) is 0. The first-order valence-electron chi connectivity index (χ1n) is 6.71. The number of aliphatic hydroxyl groups excluding tert-OH is 1. The van der Waals surface area contributed by atoms with Gasteiger partial charge in [0.05, 0.1) is 12.7 Å². The predicted molar refractivity (Wildman–Crippen MR) is 76.1 cm³/mol. The summed E-state index contributed by atoms with van der Waals surface area (Å²) >= 11 is 0. The number of hydrogen-bond acceptors (Lipinski definition) is 2. The molecule has 0 fully saturated rings. The fourth-order valence-corrected chi connectivity index (χ4v) is 1.78. The molecule has 1 aromatic carbocycles. The zero-order chi connectivity index (χ0) is 13.8. The Labute approximate surface area is 111 Å². The Morgan fingerprint density at radius 1 is 1.28 bits per heavy atom. The van der Waals surface area contributed by atoms with E-state index >= 15 is 0 Å². The third-order valence-electron chi connectivity index (χ3n) is 3.70. The van der Waals surface area contributed by atoms with E-state index < -0.39 is 0 Å². The summed E-state index contributed by atoms with van der Waals surface area (Å²) in [5, 5.41) is 9.64. The third kappa shape index (κ3) is 4.34. The first-order chi connectivity index (χ1) is 8.33. The summed E-state index contributed by atoms with van der Waals surface area (Å²) in [5.41, 5.74) is 2.36. The van der Waals surface area contributed by atoms with E-state index in [9.17, 15) is 5.11 Å². The molecule has 0 bridgehead atoms. The van der Waals surface area contributed by atoms with Crippen LogP contribution in [0.15, 0.2) is 18.2 Å². The minimum absolute atomic E-state index is 0.0367. The van der Waals surface area contributed by atoms with Gasteiger partial charge in [0.25, 0.3) is 0 Å². The van der Waals surface area contributed by atoms with Gasteiger partial charge < -0.3 is 9.84 Å². The van der Waals surface area contributed by atoms with E-state index in [1.165, 1.54) is 11.1 Å². The lowest BCUT2D eigenvalue weighted by atomic mass is 9.83. The average molecular weight is 250 g/mol. The van der Waals surface area contributed by atoms with Gasteiger partial charge in [0.15, 0.2) is 0 Å². The van der Waals surface area contributed by atoms with Crippen molar-refractivity contribution in [3.63, 3.8) is 0 Å². The highest BCUT2D eigenvalue weighted by atomic mass is 16.5. The molecule has 1 aromatic rings. The lowest BCUT2D eigenvalue weighted by Gasteiger charge is -2.27. The summed E-state index contributed by atoms with van der Waals surface area (Å²) in [4.78, 5) is 0. The fraction of sp³-hybridized carbons (Fsp3) is 0.625. The van der Waals surface area contributed by atoms with Crippen LogP contribution in [0.1, 0.15) is 44.7 Å². The molecule has 0 aliphatic rings. The van der Waals surface area contributed by atoms with Gasteiger partial charge in [0.2, 0.25) is 0 Å². The summed E-state index contributed by atoms with van der Waals surface area (Å²) in [6.45, 7) is 10.9. The molecule has 0 amide bonds. The first kappa shape index (κ1) is 15.0. The average Bonchev–Trinajstić information content (AvgIpc) is 2.28. The van der Waals surface area contributed by atoms with Crippen LogP contribution < -0.4 is 4.74 Å². The molecule has 0 saturated carbocycles. The van der Waals surface area contributed by atoms with Gasteiger partial charge in [-0.25, -0.2) is 0 Å². The number of hydrogen-bond donors (Lipinski definition) is 1. The van der Waals surface area contributed by atoms with E-state index in [0.717, 1.165) is 18.6 Å². The normalized spacial score (nSPS) is 13.4. The van der Waals surface area contributed by atoms with Crippen molar-refractivity contribution in [1.29, 1.82) is 0 Å². The molecule has 0 spiro atoms. The van der Waals surface area contributed by atoms with Gasteiger partial charge in [-0.3, -0.25) is 0 Å². The van der Waals surface area contributed by atoms with Crippen molar-refractivity contribution in [1.82, 2.24) is 0 Å². The number of aliphatic hydroxyl groups is 1. The molecular formula is C16H26O2. The third-order valence-corrected chi connectivity index (χ3v) is 3.70. The maximum Gasteiger partial charge on any atom is 0.122 e. The molecule has 0 aromatic heterocycles. The maximum atomic E-state index is 9.64. The van der Waals surface area contributed by atoms with E-state index in [1.807, 2.05) is 6.92 Å². The molecule has 102 valence electrons. The number of ether oxygens (including phenoxy) is 1. The molecule has 1 atom stereocenters. The van der Waals surface area contributed by atoms with Gasteiger partial charge in [0, 0.05) is 0 Å². The van der Waals surface area contributed by atoms with E-state index in [-0.39, 0.29) is 11.5 Å². The second-order valence-electron chi connectivity index (χ2n) is 5.89. The van der Waals surface area contributed by atoms with Crippen LogP contribution >= 0.6 is 0 Å². The van der Waals surface area contributed by atoms with E-state index in [4.69, 9.17) is 4.74 Å². The molecule has 0 aliphatic heterocycles. The lowest BCUT2D eigenvalue weighted by Crippen LogP contribution is -2.26. The van der Waals surface area contributed by atoms with Crippen LogP contribution in [0.25, 0.3) is 0 Å². The van der Waals surface area contributed by atoms with E-state index in [2.05, 4.69) is 45.9 Å². The molecule has 0 radical (unpaired) electrons. The Morgan fingerprint density at radius 2 is 1.94 bits per heavy atom. The van der Waals surface area contributed by atoms with Crippen molar-refractivity contribution in [2.24, 2.45) is 5.41 Å². The lowest BCUT2D eigenvalue weighted by molar-refractivity contribution is 0.0552. The minimum atomic E-state index is -0.279. The zero-order valence-electron chi connectivity index (χ0n) is 12.3. The smallest absolute Gasteiger partial charge is 0.122 e. The van der Waals surface area contributed by atoms with E-state index in [0.29, 0.717) is 6.61 Å². The molecule has 1 unspecified atom stereocenters. The van der Waals surface area contributed by atoms with Gasteiger partial charge in [-0.1, -0.05) is 26.0 Å². The molecule has 0 saturated heterocycles. The van der Waals surface area contributed by atoms with Crippen molar-refractivity contribution >= 4 is 0 Å². The molecule has 2 heteroatoms. The van der Waals surface area contributed by atoms with Crippen molar-refractivity contribution < 1.29 is 9.84 Å². The predicted octanol–water partition coefficient (Wildman–Crippen LogP) is 3.87. The molecule has 0 aliphatic carbocycles. The fourth-order valence-electron chi connectivity index (χ4n) is 1.78. The van der Waals surface area contributed by atoms with Crippen LogP contribution in [-0.2, 0) is 0 Å². The van der Waals surface area contributed by atoms with Crippen molar-refractivity contribution in [3.8, 4) is 5.75 Å². The van der Waals surface area contributed by atoms with Crippen LogP contribution in [0.4, 0.5) is 0 Å². The Bertz CT molecular complexity index is 381. The Morgan fingerprint density at radius 3 is 2.56 bits per heavy atom. The highest BCUT2D eigenvalue weighted by Crippen LogP contribution is 2.27. The second kappa shape index (κ2) is 6.24. The molecular weight excluding hydrogens is 224 g/mol.